The summed E-state index contributed by atoms with van der Waals surface area (Å²) in [5.74, 6) is -0.933. The fourth-order valence-electron chi connectivity index (χ4n) is 2.87. The normalized spacial score (nSPS) is 28.4. The van der Waals surface area contributed by atoms with E-state index in [2.05, 4.69) is 10.6 Å². The molecule has 6 nitrogen and oxygen atoms in total. The number of anilines is 1. The lowest BCUT2D eigenvalue weighted by molar-refractivity contribution is -0.117. The highest BCUT2D eigenvalue weighted by Crippen LogP contribution is 2.35. The van der Waals surface area contributed by atoms with Crippen LogP contribution in [-0.4, -0.2) is 50.0 Å². The molecule has 1 unspecified atom stereocenters. The van der Waals surface area contributed by atoms with Crippen LogP contribution in [-0.2, 0) is 16.0 Å². The van der Waals surface area contributed by atoms with Gasteiger partial charge < -0.3 is 20.3 Å². The summed E-state index contributed by atoms with van der Waals surface area (Å²) >= 11 is 0. The molecule has 2 atom stereocenters. The van der Waals surface area contributed by atoms with E-state index in [1.54, 1.807) is 6.07 Å². The number of nitrogens with one attached hydrogen (secondary N) is 2. The highest BCUT2D eigenvalue weighted by molar-refractivity contribution is 6.02. The zero-order valence-electron chi connectivity index (χ0n) is 17.9. The molecule has 2 amide bonds. The van der Waals surface area contributed by atoms with Crippen molar-refractivity contribution in [1.82, 2.24) is 10.2 Å². The standard InChI is InChI=1S/C16H21N3O3/c1-19(2)6-5-12-13-8-10(3-4-14(13)18-15(12)20)7-11-9-22-16(21)17-11/h3-4,8,11-12H,5-7,9H2,1-2H3,(H,17,21)(H,18,20)/t11-,12?/m0/s1/i1D3,2D3. The van der Waals surface area contributed by atoms with Gasteiger partial charge in [0.25, 0.3) is 0 Å². The van der Waals surface area contributed by atoms with Gasteiger partial charge in [-0.15, -0.1) is 0 Å². The topological polar surface area (TPSA) is 70.7 Å². The number of carbonyl (C=O) groups is 2. The van der Waals surface area contributed by atoms with Gasteiger partial charge in [0.1, 0.15) is 6.61 Å². The van der Waals surface area contributed by atoms with E-state index >= 15 is 0 Å². The Balaban J connectivity index is 1.74. The molecule has 0 radical (unpaired) electrons. The maximum atomic E-state index is 12.4. The van der Waals surface area contributed by atoms with E-state index in [4.69, 9.17) is 13.0 Å². The van der Waals surface area contributed by atoms with Gasteiger partial charge in [-0.25, -0.2) is 4.79 Å². The number of rotatable bonds is 5. The molecule has 1 fully saturated rings. The maximum absolute atomic E-state index is 12.4. The fraction of sp³-hybridized carbons (Fsp3) is 0.500. The molecule has 3 rings (SSSR count). The lowest BCUT2D eigenvalue weighted by Gasteiger charge is -2.14. The Kier molecular flexibility index (Phi) is 2.48. The predicted octanol–water partition coefficient (Wildman–Crippen LogP) is 1.32. The Hall–Kier alpha value is -2.08. The molecule has 22 heavy (non-hydrogen) atoms. The van der Waals surface area contributed by atoms with Crippen LogP contribution in [0.15, 0.2) is 18.2 Å². The third-order valence-electron chi connectivity index (χ3n) is 3.93. The predicted molar refractivity (Wildman–Crippen MR) is 83.0 cm³/mol. The summed E-state index contributed by atoms with van der Waals surface area (Å²) < 4.78 is 49.5. The second-order valence-corrected chi connectivity index (χ2v) is 5.55. The van der Waals surface area contributed by atoms with Crippen molar-refractivity contribution in [2.45, 2.75) is 24.8 Å². The minimum absolute atomic E-state index is 0.0579. The highest BCUT2D eigenvalue weighted by Gasteiger charge is 2.31. The number of alkyl carbamates (subject to hydrolysis) is 1. The average molecular weight is 309 g/mol. The van der Waals surface area contributed by atoms with Crippen molar-refractivity contribution in [2.24, 2.45) is 0 Å². The Morgan fingerprint density at radius 1 is 1.41 bits per heavy atom. The van der Waals surface area contributed by atoms with Crippen LogP contribution in [0.1, 0.15) is 31.7 Å². The number of nitrogens with zero attached hydrogens (tertiary/aromatic N) is 1. The molecule has 0 aliphatic carbocycles. The van der Waals surface area contributed by atoms with Crippen molar-refractivity contribution < 1.29 is 22.6 Å². The Labute approximate surface area is 138 Å². The van der Waals surface area contributed by atoms with Gasteiger partial charge in [0, 0.05) is 13.9 Å². The van der Waals surface area contributed by atoms with Gasteiger partial charge in [-0.2, -0.15) is 0 Å². The summed E-state index contributed by atoms with van der Waals surface area (Å²) in [5, 5.41) is 5.43. The molecule has 6 heteroatoms. The van der Waals surface area contributed by atoms with Crippen LogP contribution in [0.25, 0.3) is 0 Å². The largest absolute Gasteiger partial charge is 0.447 e. The van der Waals surface area contributed by atoms with Gasteiger partial charge in [-0.1, -0.05) is 12.1 Å². The van der Waals surface area contributed by atoms with E-state index in [1.807, 2.05) is 12.1 Å². The van der Waals surface area contributed by atoms with Crippen molar-refractivity contribution >= 4 is 17.7 Å². The van der Waals surface area contributed by atoms with E-state index in [0.29, 0.717) is 22.6 Å². The van der Waals surface area contributed by atoms with E-state index in [0.717, 1.165) is 5.56 Å². The molecule has 2 aliphatic rings. The van der Waals surface area contributed by atoms with Gasteiger partial charge in [0.2, 0.25) is 5.91 Å². The quantitative estimate of drug-likeness (QED) is 0.861. The lowest BCUT2D eigenvalue weighted by atomic mass is 9.94. The summed E-state index contributed by atoms with van der Waals surface area (Å²) in [6.07, 6.45) is 0.120. The fourth-order valence-corrected chi connectivity index (χ4v) is 2.87. The number of ether oxygens (including phenoxy) is 1. The summed E-state index contributed by atoms with van der Waals surface area (Å²) in [5.41, 5.74) is 2.21. The summed E-state index contributed by atoms with van der Waals surface area (Å²) in [6, 6.07) is 5.27. The van der Waals surface area contributed by atoms with Crippen LogP contribution in [0.4, 0.5) is 10.5 Å². The number of fused-ring (bicyclic) bond motifs is 1. The summed E-state index contributed by atoms with van der Waals surface area (Å²) in [4.78, 5) is 24.0. The van der Waals surface area contributed by atoms with E-state index in [1.165, 1.54) is 0 Å². The molecule has 1 aromatic carbocycles. The molecule has 2 heterocycles. The number of amides is 2. The van der Waals surface area contributed by atoms with Crippen molar-refractivity contribution in [3.05, 3.63) is 29.3 Å². The minimum Gasteiger partial charge on any atom is -0.447 e. The maximum Gasteiger partial charge on any atom is 0.407 e. The molecular weight excluding hydrogens is 282 g/mol. The molecule has 0 bridgehead atoms. The molecule has 1 saturated heterocycles. The SMILES string of the molecule is [2H]C([2H])([2H])N(CCC1C(=O)Nc2ccc(C[C@H]3COC(=O)N3)cc21)C([2H])([2H])[2H]. The van der Waals surface area contributed by atoms with Crippen LogP contribution >= 0.6 is 0 Å². The van der Waals surface area contributed by atoms with Gasteiger partial charge in [0.05, 0.1) is 12.0 Å². The zero-order chi connectivity index (χ0) is 20.7. The molecule has 0 spiro atoms. The highest BCUT2D eigenvalue weighted by atomic mass is 16.6. The molecule has 0 aromatic heterocycles. The molecule has 0 saturated carbocycles. The van der Waals surface area contributed by atoms with Gasteiger partial charge in [0.15, 0.2) is 0 Å². The first-order valence-electron chi connectivity index (χ1n) is 10.1. The Bertz CT molecular complexity index is 766. The summed E-state index contributed by atoms with van der Waals surface area (Å²) in [6.45, 7) is -5.58. The van der Waals surface area contributed by atoms with E-state index in [-0.39, 0.29) is 31.5 Å². The Morgan fingerprint density at radius 2 is 2.27 bits per heavy atom. The summed E-state index contributed by atoms with van der Waals surface area (Å²) in [7, 11) is 0. The molecule has 2 aliphatic heterocycles. The number of cyclic esters (lactones) is 1. The molecule has 1 aromatic rings. The van der Waals surface area contributed by atoms with Gasteiger partial charge >= 0.3 is 6.09 Å². The van der Waals surface area contributed by atoms with E-state index < -0.39 is 26.0 Å². The minimum atomic E-state index is -2.79. The van der Waals surface area contributed by atoms with Crippen LogP contribution in [0, 0.1) is 0 Å². The number of hydrogen-bond acceptors (Lipinski definition) is 4. The van der Waals surface area contributed by atoms with Crippen LogP contribution < -0.4 is 10.6 Å². The third kappa shape index (κ3) is 3.06. The third-order valence-corrected chi connectivity index (χ3v) is 3.93. The van der Waals surface area contributed by atoms with E-state index in [9.17, 15) is 9.59 Å². The van der Waals surface area contributed by atoms with Crippen LogP contribution in [0.5, 0.6) is 0 Å². The first kappa shape index (κ1) is 9.15. The molecule has 118 valence electrons. The van der Waals surface area contributed by atoms with Crippen molar-refractivity contribution in [3.8, 4) is 0 Å². The first-order valence-corrected chi connectivity index (χ1v) is 7.10. The average Bonchev–Trinajstić information content (AvgIpc) is 3.08. The van der Waals surface area contributed by atoms with Crippen LogP contribution in [0.3, 0.4) is 0 Å². The zero-order valence-corrected chi connectivity index (χ0v) is 11.9. The van der Waals surface area contributed by atoms with Crippen molar-refractivity contribution in [3.63, 3.8) is 0 Å². The molecular formula is C16H21N3O3. The number of carbonyl (C=O) groups excluding carboxylic acids is 2. The van der Waals surface area contributed by atoms with Crippen molar-refractivity contribution in [2.75, 3.05) is 32.4 Å². The second kappa shape index (κ2) is 5.96. The van der Waals surface area contributed by atoms with Gasteiger partial charge in [-0.05, 0) is 50.5 Å². The molecule has 2 N–H and O–H groups in total. The van der Waals surface area contributed by atoms with Crippen LogP contribution in [0.2, 0.25) is 0 Å². The van der Waals surface area contributed by atoms with Gasteiger partial charge in [-0.3, -0.25) is 4.79 Å². The first-order chi connectivity index (χ1) is 12.9. The Morgan fingerprint density at radius 3 is 3.00 bits per heavy atom. The number of benzene rings is 1. The lowest BCUT2D eigenvalue weighted by Crippen LogP contribution is -2.28. The number of hydrogen-bond donors (Lipinski definition) is 2. The van der Waals surface area contributed by atoms with Crippen molar-refractivity contribution in [1.29, 1.82) is 0 Å². The monoisotopic (exact) mass is 309 g/mol. The second-order valence-electron chi connectivity index (χ2n) is 5.55. The smallest absolute Gasteiger partial charge is 0.407 e.